The lowest BCUT2D eigenvalue weighted by atomic mass is 10.0. The van der Waals surface area contributed by atoms with E-state index < -0.39 is 0 Å². The summed E-state index contributed by atoms with van der Waals surface area (Å²) < 4.78 is 5.55. The molecule has 0 spiro atoms. The second-order valence-corrected chi connectivity index (χ2v) is 5.80. The van der Waals surface area contributed by atoms with Crippen LogP contribution in [0.15, 0.2) is 34.7 Å². The normalized spacial score (nSPS) is 11.1. The summed E-state index contributed by atoms with van der Waals surface area (Å²) in [5.41, 5.74) is 3.09. The van der Waals surface area contributed by atoms with Crippen molar-refractivity contribution in [3.05, 3.63) is 58.5 Å². The molecule has 0 aliphatic heterocycles. The SMILES string of the molecule is Cc1cc(C)cc(C(=O)CCN(C)Cc2ccc(C)o2)c1. The van der Waals surface area contributed by atoms with Crippen LogP contribution < -0.4 is 0 Å². The van der Waals surface area contributed by atoms with Gasteiger partial charge in [-0.15, -0.1) is 0 Å². The van der Waals surface area contributed by atoms with Gasteiger partial charge >= 0.3 is 0 Å². The van der Waals surface area contributed by atoms with Crippen LogP contribution in [0.3, 0.4) is 0 Å². The third-order valence-corrected chi connectivity index (χ3v) is 3.49. The van der Waals surface area contributed by atoms with Crippen LogP contribution in [0.4, 0.5) is 0 Å². The van der Waals surface area contributed by atoms with Gasteiger partial charge in [0.05, 0.1) is 6.54 Å². The lowest BCUT2D eigenvalue weighted by Crippen LogP contribution is -2.21. The number of hydrogen-bond acceptors (Lipinski definition) is 3. The number of Topliss-reactive ketones (excluding diaryl/α,β-unsaturated/α-hetero) is 1. The Morgan fingerprint density at radius 1 is 1.10 bits per heavy atom. The molecule has 0 saturated carbocycles. The van der Waals surface area contributed by atoms with Gasteiger partial charge in [-0.25, -0.2) is 0 Å². The molecule has 0 N–H and O–H groups in total. The number of benzene rings is 1. The molecule has 1 aromatic heterocycles. The second kappa shape index (κ2) is 6.72. The molecule has 0 unspecified atom stereocenters. The Bertz CT molecular complexity index is 608. The Hall–Kier alpha value is -1.87. The minimum atomic E-state index is 0.198. The minimum absolute atomic E-state index is 0.198. The van der Waals surface area contributed by atoms with Crippen molar-refractivity contribution in [1.29, 1.82) is 0 Å². The minimum Gasteiger partial charge on any atom is -0.465 e. The summed E-state index contributed by atoms with van der Waals surface area (Å²) >= 11 is 0. The predicted octanol–water partition coefficient (Wildman–Crippen LogP) is 3.91. The maximum atomic E-state index is 12.3. The number of carbonyl (C=O) groups is 1. The van der Waals surface area contributed by atoms with Crippen LogP contribution in [-0.4, -0.2) is 24.3 Å². The van der Waals surface area contributed by atoms with E-state index in [1.807, 2.05) is 52.1 Å². The highest BCUT2D eigenvalue weighted by Gasteiger charge is 2.10. The monoisotopic (exact) mass is 285 g/mol. The zero-order chi connectivity index (χ0) is 15.4. The van der Waals surface area contributed by atoms with Crippen molar-refractivity contribution < 1.29 is 9.21 Å². The van der Waals surface area contributed by atoms with Gasteiger partial charge in [0, 0.05) is 18.5 Å². The summed E-state index contributed by atoms with van der Waals surface area (Å²) in [4.78, 5) is 14.4. The zero-order valence-corrected chi connectivity index (χ0v) is 13.3. The number of hydrogen-bond donors (Lipinski definition) is 0. The fourth-order valence-electron chi connectivity index (χ4n) is 2.49. The molecule has 0 aliphatic carbocycles. The van der Waals surface area contributed by atoms with Crippen molar-refractivity contribution in [1.82, 2.24) is 4.90 Å². The van der Waals surface area contributed by atoms with E-state index in [1.165, 1.54) is 0 Å². The molecule has 21 heavy (non-hydrogen) atoms. The summed E-state index contributed by atoms with van der Waals surface area (Å²) in [6.07, 6.45) is 0.527. The van der Waals surface area contributed by atoms with Crippen molar-refractivity contribution in [2.24, 2.45) is 0 Å². The molecule has 2 aromatic rings. The van der Waals surface area contributed by atoms with Gasteiger partial charge in [0.2, 0.25) is 0 Å². The highest BCUT2D eigenvalue weighted by atomic mass is 16.3. The van der Waals surface area contributed by atoms with Crippen LogP contribution in [0.1, 0.15) is 39.4 Å². The van der Waals surface area contributed by atoms with Gasteiger partial charge in [0.25, 0.3) is 0 Å². The van der Waals surface area contributed by atoms with E-state index in [0.29, 0.717) is 6.42 Å². The van der Waals surface area contributed by atoms with Crippen molar-refractivity contribution in [3.8, 4) is 0 Å². The zero-order valence-electron chi connectivity index (χ0n) is 13.3. The highest BCUT2D eigenvalue weighted by Crippen LogP contribution is 2.12. The molecule has 1 aromatic carbocycles. The third-order valence-electron chi connectivity index (χ3n) is 3.49. The maximum absolute atomic E-state index is 12.3. The summed E-state index contributed by atoms with van der Waals surface area (Å²) in [7, 11) is 2.01. The van der Waals surface area contributed by atoms with Crippen LogP contribution in [0, 0.1) is 20.8 Å². The van der Waals surface area contributed by atoms with Gasteiger partial charge < -0.3 is 4.42 Å². The highest BCUT2D eigenvalue weighted by molar-refractivity contribution is 5.96. The average Bonchev–Trinajstić information content (AvgIpc) is 2.80. The molecule has 0 atom stereocenters. The van der Waals surface area contributed by atoms with Crippen molar-refractivity contribution >= 4 is 5.78 Å². The van der Waals surface area contributed by atoms with E-state index in [-0.39, 0.29) is 5.78 Å². The standard InChI is InChI=1S/C18H23NO2/c1-13-9-14(2)11-16(10-13)18(20)7-8-19(4)12-17-6-5-15(3)21-17/h5-6,9-11H,7-8,12H2,1-4H3. The summed E-state index contributed by atoms with van der Waals surface area (Å²) in [6, 6.07) is 9.96. The molecule has 1 heterocycles. The maximum Gasteiger partial charge on any atom is 0.164 e. The first-order valence-corrected chi connectivity index (χ1v) is 7.29. The number of furan rings is 1. The lowest BCUT2D eigenvalue weighted by molar-refractivity contribution is 0.0966. The third kappa shape index (κ3) is 4.57. The Kier molecular flexibility index (Phi) is 4.97. The first kappa shape index (κ1) is 15.5. The van der Waals surface area contributed by atoms with Crippen LogP contribution in [0.25, 0.3) is 0 Å². The van der Waals surface area contributed by atoms with Crippen LogP contribution in [-0.2, 0) is 6.54 Å². The van der Waals surface area contributed by atoms with Gasteiger partial charge in [0.1, 0.15) is 11.5 Å². The van der Waals surface area contributed by atoms with E-state index >= 15 is 0 Å². The molecule has 3 nitrogen and oxygen atoms in total. The molecule has 2 rings (SSSR count). The summed E-state index contributed by atoms with van der Waals surface area (Å²) in [5, 5.41) is 0. The molecule has 0 amide bonds. The molecular formula is C18H23NO2. The Morgan fingerprint density at radius 2 is 1.76 bits per heavy atom. The van der Waals surface area contributed by atoms with Gasteiger partial charge in [-0.1, -0.05) is 17.2 Å². The van der Waals surface area contributed by atoms with E-state index in [0.717, 1.165) is 41.3 Å². The lowest BCUT2D eigenvalue weighted by Gasteiger charge is -2.14. The molecule has 0 saturated heterocycles. The Balaban J connectivity index is 1.88. The largest absolute Gasteiger partial charge is 0.465 e. The van der Waals surface area contributed by atoms with Crippen molar-refractivity contribution in [3.63, 3.8) is 0 Å². The molecule has 3 heteroatoms. The summed E-state index contributed by atoms with van der Waals surface area (Å²) in [5.74, 6) is 2.06. The average molecular weight is 285 g/mol. The first-order chi connectivity index (χ1) is 9.94. The topological polar surface area (TPSA) is 33.5 Å². The number of aryl methyl sites for hydroxylation is 3. The number of nitrogens with zero attached hydrogens (tertiary/aromatic N) is 1. The van der Waals surface area contributed by atoms with Crippen molar-refractivity contribution in [2.45, 2.75) is 33.7 Å². The van der Waals surface area contributed by atoms with Gasteiger partial charge in [-0.2, -0.15) is 0 Å². The molecule has 112 valence electrons. The Labute approximate surface area is 126 Å². The van der Waals surface area contributed by atoms with E-state index in [4.69, 9.17) is 4.42 Å². The Morgan fingerprint density at radius 3 is 2.33 bits per heavy atom. The van der Waals surface area contributed by atoms with Crippen LogP contribution in [0.2, 0.25) is 0 Å². The van der Waals surface area contributed by atoms with Gasteiger partial charge in [-0.3, -0.25) is 9.69 Å². The van der Waals surface area contributed by atoms with Gasteiger partial charge in [0.15, 0.2) is 5.78 Å². The number of ketones is 1. The van der Waals surface area contributed by atoms with Crippen molar-refractivity contribution in [2.75, 3.05) is 13.6 Å². The van der Waals surface area contributed by atoms with Crippen LogP contribution >= 0.6 is 0 Å². The second-order valence-electron chi connectivity index (χ2n) is 5.80. The fraction of sp³-hybridized carbons (Fsp3) is 0.389. The van der Waals surface area contributed by atoms with Crippen LogP contribution in [0.5, 0.6) is 0 Å². The number of rotatable bonds is 6. The quantitative estimate of drug-likeness (QED) is 0.754. The molecule has 0 aliphatic rings. The predicted molar refractivity (Wildman–Crippen MR) is 84.6 cm³/mol. The fourth-order valence-corrected chi connectivity index (χ4v) is 2.49. The molecule has 0 bridgehead atoms. The first-order valence-electron chi connectivity index (χ1n) is 7.29. The molecule has 0 radical (unpaired) electrons. The van der Waals surface area contributed by atoms with E-state index in [9.17, 15) is 4.79 Å². The molecule has 0 fully saturated rings. The summed E-state index contributed by atoms with van der Waals surface area (Å²) in [6.45, 7) is 7.44. The number of carbonyl (C=O) groups excluding carboxylic acids is 1. The molecular weight excluding hydrogens is 262 g/mol. The van der Waals surface area contributed by atoms with E-state index in [2.05, 4.69) is 11.0 Å². The van der Waals surface area contributed by atoms with E-state index in [1.54, 1.807) is 0 Å². The smallest absolute Gasteiger partial charge is 0.164 e. The van der Waals surface area contributed by atoms with Gasteiger partial charge in [-0.05, 0) is 52.1 Å².